The van der Waals surface area contributed by atoms with Gasteiger partial charge in [0.05, 0.1) is 10.6 Å². The van der Waals surface area contributed by atoms with Crippen LogP contribution in [0.4, 0.5) is 5.69 Å². The summed E-state index contributed by atoms with van der Waals surface area (Å²) in [4.78, 5) is -1.43. The summed E-state index contributed by atoms with van der Waals surface area (Å²) in [6, 6.07) is 2.13. The van der Waals surface area contributed by atoms with Crippen LogP contribution in [-0.2, 0) is 20.2 Å². The van der Waals surface area contributed by atoms with Gasteiger partial charge in [-0.05, 0) is 31.0 Å². The van der Waals surface area contributed by atoms with Gasteiger partial charge < -0.3 is 15.1 Å². The van der Waals surface area contributed by atoms with Crippen LogP contribution < -0.4 is 69.6 Å². The Labute approximate surface area is 183 Å². The minimum Gasteiger partial charge on any atom is -0.862 e. The molecule has 122 valence electrons. The van der Waals surface area contributed by atoms with E-state index in [2.05, 4.69) is 10.5 Å². The Morgan fingerprint density at radius 2 is 1.83 bits per heavy atom. The quantitative estimate of drug-likeness (QED) is 0.140. The standard InChI is InChI=1S/C10H13N3O7S2.2Na/c1-6(4-10(11)14)12-13-8-5-7(21(15,16)17)2-3-9(8)22(18,19)20;;/h2-3,5,13H,4H2,1H3,(H2,11,14)(H,15,16,17)(H,18,19,20);;/q;2*+1/p-2/b12-6-;;. The van der Waals surface area contributed by atoms with Crippen molar-refractivity contribution in [2.75, 3.05) is 5.43 Å². The first-order chi connectivity index (χ1) is 9.91. The molecular weight excluding hydrogens is 384 g/mol. The van der Waals surface area contributed by atoms with Crippen LogP contribution in [0.3, 0.4) is 0 Å². The van der Waals surface area contributed by atoms with Crippen molar-refractivity contribution in [1.82, 2.24) is 0 Å². The second-order valence-corrected chi connectivity index (χ2v) is 6.92. The second-order valence-electron chi connectivity index (χ2n) is 4.15. The maximum Gasteiger partial charge on any atom is 1.00 e. The Hall–Kier alpha value is -0.0200. The summed E-state index contributed by atoms with van der Waals surface area (Å²) in [5.41, 5.74) is 1.79. The topological polar surface area (TPSA) is 183 Å². The smallest absolute Gasteiger partial charge is 0.862 e. The molecule has 0 amide bonds. The monoisotopic (exact) mass is 395 g/mol. The summed E-state index contributed by atoms with van der Waals surface area (Å²) in [5.74, 6) is -0.936. The van der Waals surface area contributed by atoms with E-state index in [-0.39, 0.29) is 71.2 Å². The molecule has 0 heterocycles. The zero-order valence-electron chi connectivity index (χ0n) is 13.1. The Morgan fingerprint density at radius 1 is 1.29 bits per heavy atom. The van der Waals surface area contributed by atoms with E-state index in [4.69, 9.17) is 9.96 Å². The van der Waals surface area contributed by atoms with Crippen molar-refractivity contribution in [1.29, 1.82) is 5.41 Å². The molecule has 0 aliphatic carbocycles. The second kappa shape index (κ2) is 10.2. The number of rotatable bonds is 6. The number of hydrogen-bond donors (Lipinski definition) is 3. The maximum atomic E-state index is 11.2. The molecule has 0 aliphatic rings. The van der Waals surface area contributed by atoms with Gasteiger partial charge in [-0.3, -0.25) is 9.98 Å². The molecule has 1 rings (SSSR count). The van der Waals surface area contributed by atoms with Crippen molar-refractivity contribution in [3.05, 3.63) is 18.2 Å². The van der Waals surface area contributed by atoms with Gasteiger partial charge in [0.1, 0.15) is 15.0 Å². The third kappa shape index (κ3) is 8.38. The summed E-state index contributed by atoms with van der Waals surface area (Å²) in [6.07, 6.45) is -0.340. The van der Waals surface area contributed by atoms with Gasteiger partial charge in [0.15, 0.2) is 0 Å². The predicted octanol–water partition coefficient (Wildman–Crippen LogP) is -6.64. The van der Waals surface area contributed by atoms with E-state index in [0.717, 1.165) is 12.1 Å². The van der Waals surface area contributed by atoms with Gasteiger partial charge in [-0.15, -0.1) is 0 Å². The number of hydrogen-bond acceptors (Lipinski definition) is 9. The van der Waals surface area contributed by atoms with Gasteiger partial charge in [-0.25, -0.2) is 8.42 Å². The molecule has 0 saturated carbocycles. The summed E-state index contributed by atoms with van der Waals surface area (Å²) in [7, 11) is -9.54. The SMILES string of the molecule is C/C(CC(=N)[O-])=N/Nc1cc(S(=O)(=O)[O-])ccc1S(=O)(=O)O.[Na+].[Na+]. The molecule has 1 aromatic rings. The van der Waals surface area contributed by atoms with Crippen molar-refractivity contribution in [2.45, 2.75) is 23.1 Å². The number of hydrazone groups is 1. The van der Waals surface area contributed by atoms with E-state index >= 15 is 0 Å². The minimum atomic E-state index is -4.84. The van der Waals surface area contributed by atoms with Crippen LogP contribution in [0, 0.1) is 5.41 Å². The zero-order valence-corrected chi connectivity index (χ0v) is 18.7. The third-order valence-corrected chi connectivity index (χ3v) is 4.04. The van der Waals surface area contributed by atoms with Crippen LogP contribution in [0.15, 0.2) is 33.1 Å². The fraction of sp³-hybridized carbons (Fsp3) is 0.200. The molecule has 0 atom stereocenters. The average Bonchev–Trinajstić information content (AvgIpc) is 2.33. The van der Waals surface area contributed by atoms with Crippen molar-refractivity contribution >= 4 is 37.5 Å². The number of nitrogens with zero attached hydrogens (tertiary/aromatic N) is 1. The fourth-order valence-electron chi connectivity index (χ4n) is 1.40. The molecule has 3 N–H and O–H groups in total. The molecule has 0 fully saturated rings. The van der Waals surface area contributed by atoms with Crippen LogP contribution in [0.2, 0.25) is 0 Å². The molecule has 1 aromatic carbocycles. The molecular formula is C10H11N3Na2O7S2. The Bertz CT molecular complexity index is 838. The first-order valence-electron chi connectivity index (χ1n) is 5.52. The fourth-order valence-corrected chi connectivity index (χ4v) is 2.52. The molecule has 0 aliphatic heterocycles. The van der Waals surface area contributed by atoms with Crippen LogP contribution >= 0.6 is 0 Å². The van der Waals surface area contributed by atoms with Gasteiger partial charge in [-0.1, -0.05) is 0 Å². The molecule has 24 heavy (non-hydrogen) atoms. The molecule has 0 spiro atoms. The largest absolute Gasteiger partial charge is 1.00 e. The molecule has 0 bridgehead atoms. The van der Waals surface area contributed by atoms with Crippen molar-refractivity contribution in [2.24, 2.45) is 5.10 Å². The van der Waals surface area contributed by atoms with E-state index in [0.29, 0.717) is 6.07 Å². The van der Waals surface area contributed by atoms with E-state index in [1.807, 2.05) is 0 Å². The molecule has 0 aromatic heterocycles. The summed E-state index contributed by atoms with van der Waals surface area (Å²) < 4.78 is 64.2. The van der Waals surface area contributed by atoms with Crippen LogP contribution in [0.5, 0.6) is 0 Å². The van der Waals surface area contributed by atoms with Crippen LogP contribution in [0.1, 0.15) is 13.3 Å². The Balaban J connectivity index is 0. The first kappa shape index (κ1) is 26.2. The number of nitrogens with one attached hydrogen (secondary N) is 2. The normalized spacial score (nSPS) is 11.9. The minimum absolute atomic E-state index is 0. The van der Waals surface area contributed by atoms with E-state index in [1.54, 1.807) is 0 Å². The Kier molecular flexibility index (Phi) is 11.1. The first-order valence-corrected chi connectivity index (χ1v) is 8.37. The third-order valence-electron chi connectivity index (χ3n) is 2.30. The van der Waals surface area contributed by atoms with Gasteiger partial charge in [0, 0.05) is 12.1 Å². The van der Waals surface area contributed by atoms with E-state index < -0.39 is 41.6 Å². The Morgan fingerprint density at radius 3 is 2.25 bits per heavy atom. The summed E-state index contributed by atoms with van der Waals surface area (Å²) in [5, 5.41) is 20.9. The predicted molar refractivity (Wildman–Crippen MR) is 73.3 cm³/mol. The molecule has 14 heteroatoms. The molecule has 10 nitrogen and oxygen atoms in total. The van der Waals surface area contributed by atoms with E-state index in [9.17, 15) is 26.5 Å². The molecule has 0 unspecified atom stereocenters. The maximum absolute atomic E-state index is 11.2. The van der Waals surface area contributed by atoms with Crippen molar-refractivity contribution in [3.63, 3.8) is 0 Å². The zero-order chi connectivity index (χ0) is 17.1. The number of anilines is 1. The average molecular weight is 395 g/mol. The van der Waals surface area contributed by atoms with Crippen molar-refractivity contribution in [3.8, 4) is 0 Å². The summed E-state index contributed by atoms with van der Waals surface area (Å²) >= 11 is 0. The van der Waals surface area contributed by atoms with E-state index in [1.165, 1.54) is 6.92 Å². The number of benzene rings is 1. The molecule has 0 saturated heterocycles. The van der Waals surface area contributed by atoms with Gasteiger partial charge in [0.25, 0.3) is 10.1 Å². The van der Waals surface area contributed by atoms with Gasteiger partial charge in [0.2, 0.25) is 0 Å². The van der Waals surface area contributed by atoms with Crippen LogP contribution in [0.25, 0.3) is 0 Å². The van der Waals surface area contributed by atoms with Gasteiger partial charge >= 0.3 is 59.1 Å². The van der Waals surface area contributed by atoms with Crippen molar-refractivity contribution < 1.29 is 90.2 Å². The molecule has 0 radical (unpaired) electrons. The van der Waals surface area contributed by atoms with Crippen LogP contribution in [-0.4, -0.2) is 37.6 Å². The van der Waals surface area contributed by atoms with Gasteiger partial charge in [-0.2, -0.15) is 13.5 Å². The summed E-state index contributed by atoms with van der Waals surface area (Å²) in [6.45, 7) is 1.36.